The Morgan fingerprint density at radius 2 is 2.11 bits per heavy atom. The van der Waals surface area contributed by atoms with E-state index in [9.17, 15) is 8.42 Å². The molecule has 8 heteroatoms. The fourth-order valence-electron chi connectivity index (χ4n) is 1.61. The van der Waals surface area contributed by atoms with Gasteiger partial charge in [0.1, 0.15) is 4.99 Å². The highest BCUT2D eigenvalue weighted by molar-refractivity contribution is 7.89. The number of aryl methyl sites for hydroxylation is 2. The van der Waals surface area contributed by atoms with E-state index in [4.69, 9.17) is 23.1 Å². The molecule has 0 fully saturated rings. The van der Waals surface area contributed by atoms with Crippen molar-refractivity contribution >= 4 is 32.9 Å². The van der Waals surface area contributed by atoms with Crippen molar-refractivity contribution in [2.24, 2.45) is 10.9 Å². The van der Waals surface area contributed by atoms with Crippen LogP contribution in [0.5, 0.6) is 0 Å². The number of nitrogens with one attached hydrogen (secondary N) is 1. The molecular formula is C10H16N4O2S2. The van der Waals surface area contributed by atoms with Gasteiger partial charge < -0.3 is 11.1 Å². The minimum Gasteiger partial charge on any atom is -0.389 e. The number of sulfonamides is 1. The van der Waals surface area contributed by atoms with Gasteiger partial charge in [0.2, 0.25) is 10.0 Å². The van der Waals surface area contributed by atoms with Gasteiger partial charge in [-0.05, 0) is 19.9 Å². The zero-order valence-corrected chi connectivity index (χ0v) is 11.9. The molecule has 0 radical (unpaired) electrons. The normalized spacial score (nSPS) is 11.3. The molecule has 0 spiro atoms. The van der Waals surface area contributed by atoms with Crippen molar-refractivity contribution < 1.29 is 8.42 Å². The molecule has 0 bridgehead atoms. The summed E-state index contributed by atoms with van der Waals surface area (Å²) in [7, 11) is -3.49. The third kappa shape index (κ3) is 4.21. The number of aromatic nitrogens is 1. The Balaban J connectivity index is 2.97. The van der Waals surface area contributed by atoms with Gasteiger partial charge in [0.05, 0.1) is 11.3 Å². The maximum atomic E-state index is 10.8. The zero-order valence-electron chi connectivity index (χ0n) is 10.2. The average molecular weight is 288 g/mol. The van der Waals surface area contributed by atoms with E-state index in [-0.39, 0.29) is 17.3 Å². The molecule has 0 unspecified atom stereocenters. The van der Waals surface area contributed by atoms with Crippen molar-refractivity contribution in [3.05, 3.63) is 23.0 Å². The van der Waals surface area contributed by atoms with Crippen LogP contribution in [0.4, 0.5) is 5.69 Å². The zero-order chi connectivity index (χ0) is 13.9. The lowest BCUT2D eigenvalue weighted by Crippen LogP contribution is -2.24. The summed E-state index contributed by atoms with van der Waals surface area (Å²) in [6, 6.07) is 1.77. The number of hydrogen-bond acceptors (Lipinski definition) is 5. The van der Waals surface area contributed by atoms with E-state index in [1.54, 1.807) is 13.0 Å². The smallest absolute Gasteiger partial charge is 0.210 e. The van der Waals surface area contributed by atoms with Gasteiger partial charge >= 0.3 is 0 Å². The van der Waals surface area contributed by atoms with Crippen molar-refractivity contribution in [1.29, 1.82) is 0 Å². The van der Waals surface area contributed by atoms with Gasteiger partial charge in [0.25, 0.3) is 0 Å². The molecule has 0 amide bonds. The van der Waals surface area contributed by atoms with E-state index in [0.29, 0.717) is 16.9 Å². The molecule has 1 rings (SSSR count). The molecular weight excluding hydrogens is 272 g/mol. The Bertz CT molecular complexity index is 569. The second-order valence-corrected chi connectivity index (χ2v) is 6.10. The standard InChI is InChI=1S/C10H16N4O2S2/c1-6-5-8(13-3-4-18(12,15)16)9(10(11)17)7(2)14-6/h5H,3-4H2,1-2H3,(H2,11,17)(H,13,14)(H2,12,15,16). The Kier molecular flexibility index (Phi) is 4.60. The van der Waals surface area contributed by atoms with Gasteiger partial charge in [-0.15, -0.1) is 0 Å². The summed E-state index contributed by atoms with van der Waals surface area (Å²) in [5.74, 6) is -0.163. The second kappa shape index (κ2) is 5.59. The number of anilines is 1. The number of nitrogens with two attached hydrogens (primary N) is 2. The molecule has 5 N–H and O–H groups in total. The summed E-state index contributed by atoms with van der Waals surface area (Å²) >= 11 is 4.96. The van der Waals surface area contributed by atoms with Gasteiger partial charge in [-0.2, -0.15) is 0 Å². The number of hydrogen-bond donors (Lipinski definition) is 3. The molecule has 0 saturated carbocycles. The van der Waals surface area contributed by atoms with E-state index < -0.39 is 10.0 Å². The lowest BCUT2D eigenvalue weighted by atomic mass is 10.1. The number of pyridine rings is 1. The Labute approximate surface area is 112 Å². The van der Waals surface area contributed by atoms with Crippen LogP contribution in [0.3, 0.4) is 0 Å². The first-order valence-corrected chi connectivity index (χ1v) is 7.35. The number of nitrogens with zero attached hydrogens (tertiary/aromatic N) is 1. The van der Waals surface area contributed by atoms with E-state index in [1.165, 1.54) is 0 Å². The first-order valence-electron chi connectivity index (χ1n) is 5.23. The molecule has 0 saturated heterocycles. The highest BCUT2D eigenvalue weighted by Gasteiger charge is 2.11. The van der Waals surface area contributed by atoms with E-state index >= 15 is 0 Å². The minimum absolute atomic E-state index is 0.163. The van der Waals surface area contributed by atoms with Crippen LogP contribution in [0, 0.1) is 13.8 Å². The van der Waals surface area contributed by atoms with Gasteiger partial charge in [-0.25, -0.2) is 13.6 Å². The predicted molar refractivity (Wildman–Crippen MR) is 76.1 cm³/mol. The summed E-state index contributed by atoms with van der Waals surface area (Å²) in [6.07, 6.45) is 0. The predicted octanol–water partition coefficient (Wildman–Crippen LogP) is 0.0330. The monoisotopic (exact) mass is 288 g/mol. The summed E-state index contributed by atoms with van der Waals surface area (Å²) in [6.45, 7) is 3.82. The topological polar surface area (TPSA) is 111 Å². The molecule has 0 aromatic carbocycles. The number of rotatable bonds is 5. The largest absolute Gasteiger partial charge is 0.389 e. The molecule has 1 heterocycles. The molecule has 0 aliphatic heterocycles. The second-order valence-electron chi connectivity index (χ2n) is 3.93. The van der Waals surface area contributed by atoms with Crippen molar-refractivity contribution in [1.82, 2.24) is 4.98 Å². The fourth-order valence-corrected chi connectivity index (χ4v) is 2.25. The summed E-state index contributed by atoms with van der Waals surface area (Å²) in [5.41, 5.74) is 8.44. The van der Waals surface area contributed by atoms with Crippen molar-refractivity contribution in [2.75, 3.05) is 17.6 Å². The lowest BCUT2D eigenvalue weighted by Gasteiger charge is -2.13. The minimum atomic E-state index is -3.49. The highest BCUT2D eigenvalue weighted by Crippen LogP contribution is 2.19. The van der Waals surface area contributed by atoms with Gasteiger partial charge in [0, 0.05) is 23.6 Å². The first-order chi connectivity index (χ1) is 8.20. The summed E-state index contributed by atoms with van der Waals surface area (Å²) < 4.78 is 21.7. The van der Waals surface area contributed by atoms with Crippen LogP contribution in [-0.4, -0.2) is 30.7 Å². The lowest BCUT2D eigenvalue weighted by molar-refractivity contribution is 0.598. The van der Waals surface area contributed by atoms with Crippen LogP contribution in [0.1, 0.15) is 17.0 Å². The van der Waals surface area contributed by atoms with Crippen LogP contribution in [0.25, 0.3) is 0 Å². The fraction of sp³-hybridized carbons (Fsp3) is 0.400. The Morgan fingerprint density at radius 1 is 1.50 bits per heavy atom. The maximum Gasteiger partial charge on any atom is 0.210 e. The first kappa shape index (κ1) is 14.8. The van der Waals surface area contributed by atoms with Crippen molar-refractivity contribution in [3.8, 4) is 0 Å². The Hall–Kier alpha value is -1.25. The molecule has 6 nitrogen and oxygen atoms in total. The van der Waals surface area contributed by atoms with Gasteiger partial charge in [0.15, 0.2) is 0 Å². The van der Waals surface area contributed by atoms with Gasteiger partial charge in [-0.1, -0.05) is 12.2 Å². The van der Waals surface area contributed by atoms with E-state index in [1.807, 2.05) is 6.92 Å². The van der Waals surface area contributed by atoms with Crippen LogP contribution in [-0.2, 0) is 10.0 Å². The third-order valence-electron chi connectivity index (χ3n) is 2.28. The molecule has 0 aliphatic carbocycles. The molecule has 18 heavy (non-hydrogen) atoms. The van der Waals surface area contributed by atoms with Crippen LogP contribution in [0.15, 0.2) is 6.07 Å². The van der Waals surface area contributed by atoms with Crippen LogP contribution in [0.2, 0.25) is 0 Å². The number of primary sulfonamides is 1. The molecule has 1 aromatic heterocycles. The summed E-state index contributed by atoms with van der Waals surface area (Å²) in [5, 5.41) is 7.89. The van der Waals surface area contributed by atoms with Crippen LogP contribution < -0.4 is 16.2 Å². The number of thiocarbonyl (C=S) groups is 1. The van der Waals surface area contributed by atoms with E-state index in [2.05, 4.69) is 10.3 Å². The Morgan fingerprint density at radius 3 is 2.61 bits per heavy atom. The average Bonchev–Trinajstić information content (AvgIpc) is 2.13. The highest BCUT2D eigenvalue weighted by atomic mass is 32.2. The van der Waals surface area contributed by atoms with E-state index in [0.717, 1.165) is 5.69 Å². The third-order valence-corrected chi connectivity index (χ3v) is 3.25. The molecule has 0 atom stereocenters. The van der Waals surface area contributed by atoms with Gasteiger partial charge in [-0.3, -0.25) is 4.98 Å². The molecule has 0 aliphatic rings. The quantitative estimate of drug-likeness (QED) is 0.659. The molecule has 1 aromatic rings. The maximum absolute atomic E-state index is 10.8. The molecule has 100 valence electrons. The van der Waals surface area contributed by atoms with Crippen molar-refractivity contribution in [2.45, 2.75) is 13.8 Å². The van der Waals surface area contributed by atoms with Crippen molar-refractivity contribution in [3.63, 3.8) is 0 Å². The SMILES string of the molecule is Cc1cc(NCCS(N)(=O)=O)c(C(N)=S)c(C)n1. The summed E-state index contributed by atoms with van der Waals surface area (Å²) in [4.78, 5) is 4.48. The van der Waals surface area contributed by atoms with Crippen LogP contribution >= 0.6 is 12.2 Å².